The van der Waals surface area contributed by atoms with Crippen LogP contribution < -0.4 is 0 Å². The summed E-state index contributed by atoms with van der Waals surface area (Å²) in [6.07, 6.45) is 4.19. The van der Waals surface area contributed by atoms with Gasteiger partial charge in [-0.1, -0.05) is 42.1 Å². The van der Waals surface area contributed by atoms with Crippen molar-refractivity contribution in [1.29, 1.82) is 0 Å². The Morgan fingerprint density at radius 2 is 1.78 bits per heavy atom. The van der Waals surface area contributed by atoms with E-state index < -0.39 is 0 Å². The zero-order chi connectivity index (χ0) is 16.0. The van der Waals surface area contributed by atoms with Gasteiger partial charge in [-0.25, -0.2) is 0 Å². The second-order valence-corrected chi connectivity index (χ2v) is 7.12. The first-order chi connectivity index (χ1) is 11.1. The molecule has 1 aliphatic heterocycles. The summed E-state index contributed by atoms with van der Waals surface area (Å²) in [5.41, 5.74) is 3.14. The lowest BCUT2D eigenvalue weighted by molar-refractivity contribution is 0.104. The van der Waals surface area contributed by atoms with Gasteiger partial charge >= 0.3 is 0 Å². The van der Waals surface area contributed by atoms with E-state index in [9.17, 15) is 4.79 Å². The number of hydrogen-bond acceptors (Lipinski definition) is 2. The van der Waals surface area contributed by atoms with Crippen molar-refractivity contribution in [2.75, 3.05) is 0 Å². The van der Waals surface area contributed by atoms with Crippen LogP contribution in [-0.2, 0) is 0 Å². The molecule has 3 heteroatoms. The molecule has 1 aromatic heterocycles. The van der Waals surface area contributed by atoms with Crippen molar-refractivity contribution in [1.82, 2.24) is 4.57 Å². The summed E-state index contributed by atoms with van der Waals surface area (Å²) < 4.78 is 2.26. The number of hydrogen-bond donors (Lipinski definition) is 0. The number of Topliss-reactive ketones (excluding diaryl/α,β-unsaturated/α-hetero) is 1. The molecule has 0 saturated heterocycles. The standard InChI is InChI=1S/C20H17NOS/c1-13(2)21-12-14(15-7-3-5-9-17(15)21)11-19-20(22)16-8-4-6-10-18(16)23-19/h3-13H,1-2H3. The lowest BCUT2D eigenvalue weighted by Gasteiger charge is -2.08. The second kappa shape index (κ2) is 5.43. The Balaban J connectivity index is 1.84. The van der Waals surface area contributed by atoms with E-state index >= 15 is 0 Å². The molecule has 4 rings (SSSR count). The number of thioether (sulfide) groups is 1. The van der Waals surface area contributed by atoms with E-state index in [1.165, 1.54) is 10.9 Å². The van der Waals surface area contributed by atoms with Crippen LogP contribution in [0.2, 0.25) is 0 Å². The lowest BCUT2D eigenvalue weighted by atomic mass is 10.1. The van der Waals surface area contributed by atoms with Gasteiger partial charge < -0.3 is 4.57 Å². The Kier molecular flexibility index (Phi) is 3.38. The molecule has 1 aliphatic rings. The third kappa shape index (κ3) is 2.32. The molecular formula is C20H17NOS. The number of allylic oxidation sites excluding steroid dienone is 1. The van der Waals surface area contributed by atoms with E-state index in [-0.39, 0.29) is 5.78 Å². The molecule has 0 amide bonds. The first kappa shape index (κ1) is 14.3. The predicted octanol–water partition coefficient (Wildman–Crippen LogP) is 5.55. The summed E-state index contributed by atoms with van der Waals surface area (Å²) in [6.45, 7) is 4.35. The lowest BCUT2D eigenvalue weighted by Crippen LogP contribution is -1.97. The van der Waals surface area contributed by atoms with Gasteiger partial charge in [0.25, 0.3) is 0 Å². The van der Waals surface area contributed by atoms with E-state index in [1.54, 1.807) is 11.8 Å². The molecule has 114 valence electrons. The normalized spacial score (nSPS) is 15.8. The third-order valence-electron chi connectivity index (χ3n) is 4.19. The molecule has 0 radical (unpaired) electrons. The number of aromatic nitrogens is 1. The fourth-order valence-corrected chi connectivity index (χ4v) is 4.09. The summed E-state index contributed by atoms with van der Waals surface area (Å²) >= 11 is 1.57. The Morgan fingerprint density at radius 1 is 1.04 bits per heavy atom. The van der Waals surface area contributed by atoms with Crippen LogP contribution in [0.1, 0.15) is 35.8 Å². The van der Waals surface area contributed by atoms with Gasteiger partial charge in [-0.2, -0.15) is 0 Å². The van der Waals surface area contributed by atoms with Gasteiger partial charge in [-0.3, -0.25) is 4.79 Å². The van der Waals surface area contributed by atoms with Crippen molar-refractivity contribution in [3.8, 4) is 0 Å². The van der Waals surface area contributed by atoms with Gasteiger partial charge in [-0.05, 0) is 38.1 Å². The monoisotopic (exact) mass is 319 g/mol. The van der Waals surface area contributed by atoms with E-state index in [0.29, 0.717) is 6.04 Å². The molecule has 2 aromatic carbocycles. The minimum absolute atomic E-state index is 0.131. The predicted molar refractivity (Wildman–Crippen MR) is 96.9 cm³/mol. The number of benzene rings is 2. The molecule has 3 aromatic rings. The van der Waals surface area contributed by atoms with Crippen LogP contribution >= 0.6 is 11.8 Å². The van der Waals surface area contributed by atoms with Crippen molar-refractivity contribution in [2.45, 2.75) is 24.8 Å². The Bertz CT molecular complexity index is 949. The van der Waals surface area contributed by atoms with Crippen molar-refractivity contribution in [3.63, 3.8) is 0 Å². The summed E-state index contributed by atoms with van der Waals surface area (Å²) in [7, 11) is 0. The Labute approximate surface area is 139 Å². The van der Waals surface area contributed by atoms with Crippen LogP contribution in [-0.4, -0.2) is 10.4 Å². The molecular weight excluding hydrogens is 302 g/mol. The molecule has 0 saturated carbocycles. The first-order valence-electron chi connectivity index (χ1n) is 7.78. The average molecular weight is 319 g/mol. The maximum Gasteiger partial charge on any atom is 0.200 e. The van der Waals surface area contributed by atoms with Gasteiger partial charge in [0.05, 0.1) is 4.91 Å². The summed E-state index contributed by atoms with van der Waals surface area (Å²) in [5.74, 6) is 0.131. The molecule has 2 nitrogen and oxygen atoms in total. The van der Waals surface area contributed by atoms with Crippen LogP contribution in [0.4, 0.5) is 0 Å². The van der Waals surface area contributed by atoms with Gasteiger partial charge in [-0.15, -0.1) is 0 Å². The SMILES string of the molecule is CC(C)n1cc(C=C2Sc3ccccc3C2=O)c2ccccc21. The van der Waals surface area contributed by atoms with Crippen LogP contribution in [0.15, 0.2) is 64.5 Å². The van der Waals surface area contributed by atoms with E-state index in [0.717, 1.165) is 20.9 Å². The molecule has 0 bridgehead atoms. The minimum atomic E-state index is 0.131. The molecule has 0 atom stereocenters. The van der Waals surface area contributed by atoms with E-state index in [1.807, 2.05) is 36.4 Å². The molecule has 0 fully saturated rings. The molecule has 23 heavy (non-hydrogen) atoms. The summed E-state index contributed by atoms with van der Waals surface area (Å²) in [4.78, 5) is 14.4. The fourth-order valence-electron chi connectivity index (χ4n) is 3.05. The smallest absolute Gasteiger partial charge is 0.200 e. The highest BCUT2D eigenvalue weighted by Gasteiger charge is 2.25. The van der Waals surface area contributed by atoms with Gasteiger partial charge in [0.2, 0.25) is 5.78 Å². The Hall–Kier alpha value is -2.26. The zero-order valence-corrected chi connectivity index (χ0v) is 13.9. The molecule has 2 heterocycles. The molecule has 0 aliphatic carbocycles. The van der Waals surface area contributed by atoms with Gasteiger partial charge in [0, 0.05) is 39.2 Å². The maximum atomic E-state index is 12.6. The van der Waals surface area contributed by atoms with Crippen molar-refractivity contribution in [2.24, 2.45) is 0 Å². The van der Waals surface area contributed by atoms with Crippen LogP contribution in [0.3, 0.4) is 0 Å². The van der Waals surface area contributed by atoms with Crippen molar-refractivity contribution >= 4 is 34.5 Å². The minimum Gasteiger partial charge on any atom is -0.344 e. The van der Waals surface area contributed by atoms with Gasteiger partial charge in [0.1, 0.15) is 0 Å². The van der Waals surface area contributed by atoms with Crippen LogP contribution in [0.25, 0.3) is 17.0 Å². The topological polar surface area (TPSA) is 22.0 Å². The van der Waals surface area contributed by atoms with Gasteiger partial charge in [0.15, 0.2) is 0 Å². The number of fused-ring (bicyclic) bond motifs is 2. The molecule has 0 N–H and O–H groups in total. The number of nitrogens with zero attached hydrogens (tertiary/aromatic N) is 1. The molecule has 0 spiro atoms. The maximum absolute atomic E-state index is 12.6. The first-order valence-corrected chi connectivity index (χ1v) is 8.59. The van der Waals surface area contributed by atoms with E-state index in [4.69, 9.17) is 0 Å². The number of para-hydroxylation sites is 1. The highest BCUT2D eigenvalue weighted by atomic mass is 32.2. The highest BCUT2D eigenvalue weighted by molar-refractivity contribution is 8.04. The number of rotatable bonds is 2. The Morgan fingerprint density at radius 3 is 2.57 bits per heavy atom. The summed E-state index contributed by atoms with van der Waals surface area (Å²) in [6, 6.07) is 16.6. The number of carbonyl (C=O) groups excluding carboxylic acids is 1. The van der Waals surface area contributed by atoms with E-state index in [2.05, 4.69) is 42.8 Å². The summed E-state index contributed by atoms with van der Waals surface area (Å²) in [5, 5.41) is 1.19. The quantitative estimate of drug-likeness (QED) is 0.578. The van der Waals surface area contributed by atoms with Crippen molar-refractivity contribution in [3.05, 3.63) is 70.8 Å². The fraction of sp³-hybridized carbons (Fsp3) is 0.150. The number of carbonyl (C=O) groups is 1. The van der Waals surface area contributed by atoms with Crippen LogP contribution in [0.5, 0.6) is 0 Å². The number of ketones is 1. The third-order valence-corrected chi connectivity index (χ3v) is 5.29. The molecule has 0 unspecified atom stereocenters. The largest absolute Gasteiger partial charge is 0.344 e. The average Bonchev–Trinajstić information content (AvgIpc) is 3.08. The van der Waals surface area contributed by atoms with Crippen molar-refractivity contribution < 1.29 is 4.79 Å². The zero-order valence-electron chi connectivity index (χ0n) is 13.1. The van der Waals surface area contributed by atoms with Crippen LogP contribution in [0, 0.1) is 0 Å². The highest BCUT2D eigenvalue weighted by Crippen LogP contribution is 2.41. The second-order valence-electron chi connectivity index (χ2n) is 6.04.